The average molecular weight is 224 g/mol. The van der Waals surface area contributed by atoms with Gasteiger partial charge in [0.25, 0.3) is 0 Å². The number of nitrogens with one attached hydrogen (secondary N) is 2. The highest BCUT2D eigenvalue weighted by Gasteiger charge is 1.98. The smallest absolute Gasteiger partial charge is 0.315 e. The second kappa shape index (κ2) is 11.1. The van der Waals surface area contributed by atoms with Crippen LogP contribution in [-0.2, 0) is 13.6 Å². The molecule has 0 rings (SSSR count). The van der Waals surface area contributed by atoms with Crippen LogP contribution in [0.1, 0.15) is 13.8 Å². The molecule has 0 unspecified atom stereocenters. The van der Waals surface area contributed by atoms with Crippen LogP contribution < -0.4 is 10.6 Å². The van der Waals surface area contributed by atoms with Crippen molar-refractivity contribution in [2.45, 2.75) is 13.8 Å². The van der Waals surface area contributed by atoms with E-state index in [-0.39, 0.29) is 0 Å². The summed E-state index contributed by atoms with van der Waals surface area (Å²) < 4.78 is 21.0. The molecule has 0 saturated heterocycles. The Hall–Kier alpha value is 0.0700. The summed E-state index contributed by atoms with van der Waals surface area (Å²) in [5.41, 5.74) is 0. The lowest BCUT2D eigenvalue weighted by Gasteiger charge is -2.05. The Morgan fingerprint density at radius 1 is 1.00 bits per heavy atom. The standard InChI is InChI=1S/C8H21N2O3P/c1-3-9-5-7-12-14(11)13-8-6-10-4-2/h9-10,14H,3-8H2,1-2H3. The Balaban J connectivity index is 3.11. The predicted molar refractivity (Wildman–Crippen MR) is 58.0 cm³/mol. The molecule has 0 aromatic rings. The minimum absolute atomic E-state index is 0.437. The van der Waals surface area contributed by atoms with E-state index in [1.807, 2.05) is 13.8 Å². The zero-order valence-electron chi connectivity index (χ0n) is 8.97. The highest BCUT2D eigenvalue weighted by atomic mass is 31.1. The molecular formula is C8H21N2O3P. The van der Waals surface area contributed by atoms with Gasteiger partial charge in [-0.1, -0.05) is 13.8 Å². The zero-order chi connectivity index (χ0) is 10.6. The van der Waals surface area contributed by atoms with Gasteiger partial charge in [-0.3, -0.25) is 4.57 Å². The third-order valence-electron chi connectivity index (χ3n) is 1.50. The lowest BCUT2D eigenvalue weighted by Crippen LogP contribution is -2.19. The van der Waals surface area contributed by atoms with Crippen LogP contribution in [0, 0.1) is 0 Å². The van der Waals surface area contributed by atoms with Crippen LogP contribution in [0.4, 0.5) is 0 Å². The van der Waals surface area contributed by atoms with Gasteiger partial charge in [-0.2, -0.15) is 0 Å². The maximum Gasteiger partial charge on any atom is 0.319 e. The van der Waals surface area contributed by atoms with Crippen LogP contribution >= 0.6 is 8.25 Å². The second-order valence-electron chi connectivity index (χ2n) is 2.65. The molecule has 0 atom stereocenters. The number of hydrogen-bond acceptors (Lipinski definition) is 5. The average Bonchev–Trinajstić information content (AvgIpc) is 2.19. The maximum absolute atomic E-state index is 11.1. The first kappa shape index (κ1) is 14.1. The topological polar surface area (TPSA) is 59.6 Å². The fourth-order valence-electron chi connectivity index (χ4n) is 0.808. The summed E-state index contributed by atoms with van der Waals surface area (Å²) in [5, 5.41) is 6.13. The summed E-state index contributed by atoms with van der Waals surface area (Å²) in [7, 11) is -2.28. The summed E-state index contributed by atoms with van der Waals surface area (Å²) >= 11 is 0. The molecule has 6 heteroatoms. The van der Waals surface area contributed by atoms with E-state index < -0.39 is 8.25 Å². The molecule has 5 nitrogen and oxygen atoms in total. The van der Waals surface area contributed by atoms with E-state index in [9.17, 15) is 4.57 Å². The molecule has 0 radical (unpaired) electrons. The third-order valence-corrected chi connectivity index (χ3v) is 2.38. The van der Waals surface area contributed by atoms with Crippen LogP contribution in [0.15, 0.2) is 0 Å². The van der Waals surface area contributed by atoms with Crippen LogP contribution in [0.3, 0.4) is 0 Å². The van der Waals surface area contributed by atoms with Crippen LogP contribution in [0.25, 0.3) is 0 Å². The van der Waals surface area contributed by atoms with Crippen LogP contribution in [0.2, 0.25) is 0 Å². The summed E-state index contributed by atoms with van der Waals surface area (Å²) in [5.74, 6) is 0. The first-order chi connectivity index (χ1) is 6.81. The molecule has 0 heterocycles. The highest BCUT2D eigenvalue weighted by Crippen LogP contribution is 2.22. The summed E-state index contributed by atoms with van der Waals surface area (Å²) in [4.78, 5) is 0. The Morgan fingerprint density at radius 3 is 1.79 bits per heavy atom. The molecule has 0 aliphatic carbocycles. The van der Waals surface area contributed by atoms with Gasteiger partial charge in [0.2, 0.25) is 0 Å². The van der Waals surface area contributed by atoms with E-state index in [1.54, 1.807) is 0 Å². The van der Waals surface area contributed by atoms with E-state index in [2.05, 4.69) is 10.6 Å². The first-order valence-electron chi connectivity index (χ1n) is 5.02. The van der Waals surface area contributed by atoms with Crippen molar-refractivity contribution in [1.82, 2.24) is 10.6 Å². The van der Waals surface area contributed by atoms with Crippen molar-refractivity contribution in [1.29, 1.82) is 0 Å². The Kier molecular flexibility index (Phi) is 11.2. The van der Waals surface area contributed by atoms with Gasteiger partial charge < -0.3 is 19.7 Å². The SMILES string of the molecule is CCNCCO[PH](=O)OCCNCC. The monoisotopic (exact) mass is 224 g/mol. The van der Waals surface area contributed by atoms with E-state index in [0.29, 0.717) is 26.3 Å². The molecule has 0 saturated carbocycles. The second-order valence-corrected chi connectivity index (χ2v) is 3.73. The van der Waals surface area contributed by atoms with Gasteiger partial charge >= 0.3 is 8.25 Å². The molecule has 0 spiro atoms. The van der Waals surface area contributed by atoms with Crippen molar-refractivity contribution in [2.24, 2.45) is 0 Å². The number of rotatable bonds is 10. The van der Waals surface area contributed by atoms with Crippen molar-refractivity contribution in [3.05, 3.63) is 0 Å². The summed E-state index contributed by atoms with van der Waals surface area (Å²) in [6, 6.07) is 0. The normalized spacial score (nSPS) is 11.1. The predicted octanol–water partition coefficient (Wildman–Crippen LogP) is 0.628. The lowest BCUT2D eigenvalue weighted by atomic mass is 10.6. The van der Waals surface area contributed by atoms with Gasteiger partial charge in [0, 0.05) is 13.1 Å². The quantitative estimate of drug-likeness (QED) is 0.421. The van der Waals surface area contributed by atoms with Gasteiger partial charge in [0.1, 0.15) is 0 Å². The van der Waals surface area contributed by atoms with Crippen molar-refractivity contribution in [3.8, 4) is 0 Å². The molecule has 86 valence electrons. The first-order valence-corrected chi connectivity index (χ1v) is 6.24. The largest absolute Gasteiger partial charge is 0.319 e. The van der Waals surface area contributed by atoms with E-state index in [1.165, 1.54) is 0 Å². The number of hydrogen-bond donors (Lipinski definition) is 2. The number of likely N-dealkylation sites (N-methyl/N-ethyl adjacent to an activating group) is 2. The van der Waals surface area contributed by atoms with E-state index >= 15 is 0 Å². The fourth-order valence-corrected chi connectivity index (χ4v) is 1.43. The molecule has 0 aliphatic rings. The van der Waals surface area contributed by atoms with E-state index in [0.717, 1.165) is 13.1 Å². The molecule has 0 aromatic carbocycles. The zero-order valence-corrected chi connectivity index (χ0v) is 9.97. The molecular weight excluding hydrogens is 203 g/mol. The van der Waals surface area contributed by atoms with Crippen LogP contribution in [-0.4, -0.2) is 39.4 Å². The third kappa shape index (κ3) is 10.2. The molecule has 14 heavy (non-hydrogen) atoms. The van der Waals surface area contributed by atoms with Gasteiger partial charge in [0.15, 0.2) is 0 Å². The Morgan fingerprint density at radius 2 is 1.43 bits per heavy atom. The molecule has 2 N–H and O–H groups in total. The van der Waals surface area contributed by atoms with Crippen molar-refractivity contribution in [3.63, 3.8) is 0 Å². The lowest BCUT2D eigenvalue weighted by molar-refractivity contribution is 0.226. The van der Waals surface area contributed by atoms with Gasteiger partial charge in [-0.05, 0) is 13.1 Å². The maximum atomic E-state index is 11.1. The summed E-state index contributed by atoms with van der Waals surface area (Å²) in [6.45, 7) is 8.11. The Bertz CT molecular complexity index is 133. The molecule has 0 bridgehead atoms. The minimum atomic E-state index is -2.28. The molecule has 0 amide bonds. The van der Waals surface area contributed by atoms with Crippen LogP contribution in [0.5, 0.6) is 0 Å². The molecule has 0 aromatic heterocycles. The van der Waals surface area contributed by atoms with E-state index in [4.69, 9.17) is 9.05 Å². The van der Waals surface area contributed by atoms with Gasteiger partial charge in [-0.25, -0.2) is 0 Å². The van der Waals surface area contributed by atoms with Gasteiger partial charge in [0.05, 0.1) is 13.2 Å². The van der Waals surface area contributed by atoms with Crippen molar-refractivity contribution >= 4 is 8.25 Å². The highest BCUT2D eigenvalue weighted by molar-refractivity contribution is 7.33. The molecule has 0 aliphatic heterocycles. The Labute approximate surface area is 86.5 Å². The van der Waals surface area contributed by atoms with Gasteiger partial charge in [-0.15, -0.1) is 0 Å². The fraction of sp³-hybridized carbons (Fsp3) is 1.00. The summed E-state index contributed by atoms with van der Waals surface area (Å²) in [6.07, 6.45) is 0. The van der Waals surface area contributed by atoms with Crippen molar-refractivity contribution < 1.29 is 13.6 Å². The van der Waals surface area contributed by atoms with Crippen molar-refractivity contribution in [2.75, 3.05) is 39.4 Å². The molecule has 0 fully saturated rings. The minimum Gasteiger partial charge on any atom is -0.315 e.